The van der Waals surface area contributed by atoms with E-state index < -0.39 is 0 Å². The molecule has 98 valence electrons. The number of carbonyl (C=O) groups is 1. The van der Waals surface area contributed by atoms with Crippen LogP contribution in [-0.2, 0) is 35.6 Å². The van der Waals surface area contributed by atoms with Crippen LogP contribution in [0.1, 0.15) is 35.6 Å². The minimum atomic E-state index is -0.0619. The Hall–Kier alpha value is -1.77. The fraction of sp³-hybridized carbons (Fsp3) is 0.467. The fourth-order valence-electron chi connectivity index (χ4n) is 3.10. The predicted octanol–water partition coefficient (Wildman–Crippen LogP) is 2.08. The quantitative estimate of drug-likeness (QED) is 0.472. The Bertz CT molecular complexity index is 600. The van der Waals surface area contributed by atoms with Gasteiger partial charge in [0.15, 0.2) is 0 Å². The van der Waals surface area contributed by atoms with E-state index in [0.717, 1.165) is 12.8 Å². The number of carbonyl (C=O) groups excluding carboxylic acids is 1. The van der Waals surface area contributed by atoms with Crippen LogP contribution >= 0.6 is 0 Å². The molecule has 4 heteroatoms. The first-order valence-corrected chi connectivity index (χ1v) is 6.61. The van der Waals surface area contributed by atoms with Gasteiger partial charge in [-0.2, -0.15) is 4.79 Å². The lowest BCUT2D eigenvalue weighted by atomic mass is 9.97. The first kappa shape index (κ1) is 12.3. The van der Waals surface area contributed by atoms with Gasteiger partial charge in [-0.05, 0) is 41.0 Å². The van der Waals surface area contributed by atoms with Crippen molar-refractivity contribution < 1.29 is 14.3 Å². The van der Waals surface area contributed by atoms with Crippen LogP contribution in [0.4, 0.5) is 0 Å². The third-order valence-corrected chi connectivity index (χ3v) is 4.16. The molecule has 0 spiro atoms. The fourth-order valence-corrected chi connectivity index (χ4v) is 3.10. The molecule has 0 saturated heterocycles. The Kier molecular flexibility index (Phi) is 3.05. The molecule has 19 heavy (non-hydrogen) atoms. The Morgan fingerprint density at radius 1 is 1.32 bits per heavy atom. The summed E-state index contributed by atoms with van der Waals surface area (Å²) in [5.74, 6) is 0.263. The van der Waals surface area contributed by atoms with Crippen molar-refractivity contribution in [2.45, 2.75) is 39.4 Å². The number of hydrogen-bond donors (Lipinski definition) is 0. The summed E-state index contributed by atoms with van der Waals surface area (Å²) in [6.07, 6.45) is 2.33. The van der Waals surface area contributed by atoms with Crippen molar-refractivity contribution in [2.75, 3.05) is 0 Å². The largest absolute Gasteiger partial charge is 0.372 e. The van der Waals surface area contributed by atoms with E-state index in [1.165, 1.54) is 22.3 Å². The molecule has 1 heterocycles. The number of hydrogen-bond acceptors (Lipinski definition) is 2. The van der Waals surface area contributed by atoms with Crippen molar-refractivity contribution in [1.29, 1.82) is 0 Å². The smallest absolute Gasteiger partial charge is 0.331 e. The zero-order chi connectivity index (χ0) is 13.4. The zero-order valence-corrected chi connectivity index (χ0v) is 11.0. The Balaban J connectivity index is 1.78. The molecule has 0 N–H and O–H groups in total. The molecule has 4 nitrogen and oxygen atoms in total. The van der Waals surface area contributed by atoms with Gasteiger partial charge in [-0.15, -0.1) is 0 Å². The third-order valence-electron chi connectivity index (χ3n) is 4.16. The monoisotopic (exact) mass is 256 g/mol. The second kappa shape index (κ2) is 4.72. The highest BCUT2D eigenvalue weighted by Crippen LogP contribution is 2.35. The second-order valence-electron chi connectivity index (χ2n) is 5.42. The van der Waals surface area contributed by atoms with E-state index >= 15 is 0 Å². The molecule has 0 aromatic heterocycles. The van der Waals surface area contributed by atoms with Gasteiger partial charge in [0.2, 0.25) is 5.78 Å². The predicted molar refractivity (Wildman–Crippen MR) is 69.8 cm³/mol. The number of rotatable bonds is 3. The van der Waals surface area contributed by atoms with Crippen molar-refractivity contribution >= 4 is 11.5 Å². The van der Waals surface area contributed by atoms with Crippen molar-refractivity contribution in [3.05, 3.63) is 39.9 Å². The number of ether oxygens (including phenoxy) is 1. The van der Waals surface area contributed by atoms with E-state index in [0.29, 0.717) is 25.6 Å². The van der Waals surface area contributed by atoms with Gasteiger partial charge < -0.3 is 10.3 Å². The van der Waals surface area contributed by atoms with Gasteiger partial charge in [0.1, 0.15) is 0 Å². The summed E-state index contributed by atoms with van der Waals surface area (Å²) in [7, 11) is 0. The van der Waals surface area contributed by atoms with Crippen molar-refractivity contribution in [2.24, 2.45) is 5.92 Å². The maximum atomic E-state index is 11.8. The summed E-state index contributed by atoms with van der Waals surface area (Å²) >= 11 is 0. The van der Waals surface area contributed by atoms with Crippen LogP contribution in [0.2, 0.25) is 0 Å². The van der Waals surface area contributed by atoms with Crippen molar-refractivity contribution in [3.8, 4) is 0 Å². The molecule has 1 unspecified atom stereocenters. The van der Waals surface area contributed by atoms with Crippen LogP contribution in [0.25, 0.3) is 5.53 Å². The average molecular weight is 256 g/mol. The van der Waals surface area contributed by atoms with E-state index in [9.17, 15) is 4.79 Å². The highest BCUT2D eigenvalue weighted by atomic mass is 16.5. The number of ketones is 1. The maximum Gasteiger partial charge on any atom is 0.331 e. The zero-order valence-electron chi connectivity index (χ0n) is 11.0. The molecule has 0 saturated carbocycles. The third kappa shape index (κ3) is 2.14. The first-order chi connectivity index (χ1) is 9.19. The normalized spacial score (nSPS) is 19.7. The molecule has 1 aliphatic heterocycles. The first-order valence-electron chi connectivity index (χ1n) is 6.61. The molecule has 2 aliphatic rings. The Labute approximate surface area is 112 Å². The lowest BCUT2D eigenvalue weighted by Crippen LogP contribution is -2.16. The van der Waals surface area contributed by atoms with Gasteiger partial charge in [0.25, 0.3) is 0 Å². The maximum absolute atomic E-state index is 11.8. The number of fused-ring (bicyclic) bond motifs is 3. The summed E-state index contributed by atoms with van der Waals surface area (Å²) in [5.41, 5.74) is 14.2. The molecule has 3 rings (SSSR count). The number of nitrogens with zero attached hydrogens (tertiary/aromatic N) is 2. The number of Topliss-reactive ketones (excluding diaryl/α,β-unsaturated/α-hetero) is 1. The van der Waals surface area contributed by atoms with E-state index in [1.807, 2.05) is 0 Å². The minimum absolute atomic E-state index is 0.0619. The summed E-state index contributed by atoms with van der Waals surface area (Å²) in [6, 6.07) is 4.31. The van der Waals surface area contributed by atoms with Crippen LogP contribution in [0, 0.1) is 5.92 Å². The average Bonchev–Trinajstić information content (AvgIpc) is 3.01. The van der Waals surface area contributed by atoms with Gasteiger partial charge in [0, 0.05) is 13.3 Å². The molecule has 1 aliphatic carbocycles. The Morgan fingerprint density at radius 2 is 2.11 bits per heavy atom. The van der Waals surface area contributed by atoms with Gasteiger partial charge in [-0.1, -0.05) is 12.1 Å². The SMILES string of the molecule is CC(=[N+]=[N-])C(=O)CC1Cc2ccc3c(c2C1)COC3. The topological polar surface area (TPSA) is 62.7 Å². The van der Waals surface area contributed by atoms with E-state index in [4.69, 9.17) is 10.3 Å². The molecular formula is C15H16N2O2. The Morgan fingerprint density at radius 3 is 2.89 bits per heavy atom. The van der Waals surface area contributed by atoms with Crippen LogP contribution in [0.15, 0.2) is 12.1 Å². The lowest BCUT2D eigenvalue weighted by Gasteiger charge is -2.05. The molecule has 1 atom stereocenters. The molecule has 1 aromatic rings. The van der Waals surface area contributed by atoms with Gasteiger partial charge >= 0.3 is 5.71 Å². The molecule has 0 radical (unpaired) electrons. The summed E-state index contributed by atoms with van der Waals surface area (Å²) in [4.78, 5) is 14.8. The van der Waals surface area contributed by atoms with E-state index in [-0.39, 0.29) is 11.5 Å². The summed E-state index contributed by atoms with van der Waals surface area (Å²) in [5, 5.41) is 0. The molecular weight excluding hydrogens is 240 g/mol. The highest BCUT2D eigenvalue weighted by molar-refractivity contribution is 6.36. The van der Waals surface area contributed by atoms with Gasteiger partial charge in [-0.3, -0.25) is 4.79 Å². The van der Waals surface area contributed by atoms with Crippen LogP contribution in [-0.4, -0.2) is 16.3 Å². The van der Waals surface area contributed by atoms with E-state index in [1.54, 1.807) is 6.92 Å². The van der Waals surface area contributed by atoms with Crippen LogP contribution in [0.3, 0.4) is 0 Å². The molecule has 1 aromatic carbocycles. The van der Waals surface area contributed by atoms with Crippen molar-refractivity contribution in [3.63, 3.8) is 0 Å². The van der Waals surface area contributed by atoms with Crippen LogP contribution in [0.5, 0.6) is 0 Å². The van der Waals surface area contributed by atoms with Crippen LogP contribution < -0.4 is 0 Å². The lowest BCUT2D eigenvalue weighted by molar-refractivity contribution is -0.118. The minimum Gasteiger partial charge on any atom is -0.372 e. The second-order valence-corrected chi connectivity index (χ2v) is 5.42. The van der Waals surface area contributed by atoms with E-state index in [2.05, 4.69) is 16.9 Å². The van der Waals surface area contributed by atoms with Gasteiger partial charge in [0.05, 0.1) is 13.2 Å². The molecule has 0 bridgehead atoms. The summed E-state index contributed by atoms with van der Waals surface area (Å²) in [6.45, 7) is 2.97. The van der Waals surface area contributed by atoms with Crippen molar-refractivity contribution in [1.82, 2.24) is 0 Å². The molecule has 0 amide bonds. The highest BCUT2D eigenvalue weighted by Gasteiger charge is 2.30. The summed E-state index contributed by atoms with van der Waals surface area (Å²) < 4.78 is 5.49. The number of benzene rings is 1. The standard InChI is InChI=1S/C15H16N2O2/c1-9(17-16)15(18)6-10-4-11-2-3-12-7-19-8-14(12)13(11)5-10/h2-3,10H,4-8H2,1H3. The molecule has 0 fully saturated rings. The van der Waals surface area contributed by atoms with Gasteiger partial charge in [-0.25, -0.2) is 0 Å².